The monoisotopic (exact) mass is 303 g/mol. The van der Waals surface area contributed by atoms with Crippen LogP contribution in [0.2, 0.25) is 0 Å². The van der Waals surface area contributed by atoms with Crippen LogP contribution in [-0.2, 0) is 9.53 Å². The second kappa shape index (κ2) is 7.99. The third-order valence-electron chi connectivity index (χ3n) is 4.21. The average Bonchev–Trinajstić information content (AvgIpc) is 2.55. The second-order valence-corrected chi connectivity index (χ2v) is 5.78. The van der Waals surface area contributed by atoms with E-state index in [4.69, 9.17) is 4.74 Å². The van der Waals surface area contributed by atoms with Crippen LogP contribution in [0.5, 0.6) is 5.75 Å². The summed E-state index contributed by atoms with van der Waals surface area (Å²) in [4.78, 5) is 14.2. The fraction of sp³-hybridized carbons (Fsp3) is 0.500. The van der Waals surface area contributed by atoms with E-state index >= 15 is 0 Å². The molecule has 4 heteroatoms. The summed E-state index contributed by atoms with van der Waals surface area (Å²) in [5, 5.41) is 9.35. The Balaban J connectivity index is 1.82. The first-order valence-electron chi connectivity index (χ1n) is 7.92. The molecule has 0 radical (unpaired) electrons. The predicted molar refractivity (Wildman–Crippen MR) is 86.9 cm³/mol. The van der Waals surface area contributed by atoms with Crippen LogP contribution in [0.4, 0.5) is 0 Å². The van der Waals surface area contributed by atoms with Crippen LogP contribution in [0, 0.1) is 0 Å². The van der Waals surface area contributed by atoms with E-state index < -0.39 is 0 Å². The number of aromatic hydroxyl groups is 1. The van der Waals surface area contributed by atoms with Crippen molar-refractivity contribution in [2.45, 2.75) is 38.2 Å². The lowest BCUT2D eigenvalue weighted by molar-refractivity contribution is -0.143. The zero-order valence-corrected chi connectivity index (χ0v) is 13.2. The van der Waals surface area contributed by atoms with Gasteiger partial charge in [-0.3, -0.25) is 4.79 Å². The second-order valence-electron chi connectivity index (χ2n) is 5.78. The standard InChI is InChI=1S/C18H25NO3/c1-3-4-13-22-14(2)18(21)19-11-9-16(10-12-19)15-5-7-17(20)8-6-15/h3,5-8,14,16,20H,1,4,9-13H2,2H3. The number of rotatable bonds is 6. The molecular formula is C18H25NO3. The van der Waals surface area contributed by atoms with E-state index in [-0.39, 0.29) is 12.0 Å². The van der Waals surface area contributed by atoms with Crippen LogP contribution in [0.3, 0.4) is 0 Å². The van der Waals surface area contributed by atoms with Crippen molar-refractivity contribution in [2.75, 3.05) is 19.7 Å². The lowest BCUT2D eigenvalue weighted by Crippen LogP contribution is -2.43. The van der Waals surface area contributed by atoms with Crippen molar-refractivity contribution >= 4 is 5.91 Å². The molecule has 1 aromatic carbocycles. The number of carbonyl (C=O) groups is 1. The molecule has 0 spiro atoms. The average molecular weight is 303 g/mol. The van der Waals surface area contributed by atoms with Crippen molar-refractivity contribution in [1.82, 2.24) is 4.90 Å². The highest BCUT2D eigenvalue weighted by Crippen LogP contribution is 2.29. The molecule has 2 rings (SSSR count). The fourth-order valence-electron chi connectivity index (χ4n) is 2.84. The number of hydrogen-bond donors (Lipinski definition) is 1. The molecule has 22 heavy (non-hydrogen) atoms. The largest absolute Gasteiger partial charge is 0.508 e. The van der Waals surface area contributed by atoms with Crippen LogP contribution in [0.15, 0.2) is 36.9 Å². The van der Waals surface area contributed by atoms with Crippen molar-refractivity contribution in [3.8, 4) is 5.75 Å². The first-order valence-corrected chi connectivity index (χ1v) is 7.92. The van der Waals surface area contributed by atoms with Gasteiger partial charge in [-0.1, -0.05) is 18.2 Å². The number of phenols is 1. The highest BCUT2D eigenvalue weighted by molar-refractivity contribution is 5.80. The van der Waals surface area contributed by atoms with E-state index in [1.165, 1.54) is 5.56 Å². The lowest BCUT2D eigenvalue weighted by Gasteiger charge is -2.33. The van der Waals surface area contributed by atoms with Gasteiger partial charge in [0, 0.05) is 13.1 Å². The van der Waals surface area contributed by atoms with Gasteiger partial charge in [0.15, 0.2) is 0 Å². The fourth-order valence-corrected chi connectivity index (χ4v) is 2.84. The molecule has 1 amide bonds. The van der Waals surface area contributed by atoms with Crippen LogP contribution >= 0.6 is 0 Å². The molecule has 0 aliphatic carbocycles. The van der Waals surface area contributed by atoms with Gasteiger partial charge in [-0.05, 0) is 49.8 Å². The minimum absolute atomic E-state index is 0.0771. The van der Waals surface area contributed by atoms with Crippen molar-refractivity contribution in [2.24, 2.45) is 0 Å². The molecular weight excluding hydrogens is 278 g/mol. The Hall–Kier alpha value is -1.81. The number of phenolic OH excluding ortho intramolecular Hbond substituents is 1. The van der Waals surface area contributed by atoms with E-state index in [2.05, 4.69) is 6.58 Å². The van der Waals surface area contributed by atoms with E-state index in [0.717, 1.165) is 32.4 Å². The molecule has 1 atom stereocenters. The Morgan fingerprint density at radius 1 is 1.41 bits per heavy atom. The maximum Gasteiger partial charge on any atom is 0.251 e. The highest BCUT2D eigenvalue weighted by Gasteiger charge is 2.26. The Kier molecular flexibility index (Phi) is 6.01. The van der Waals surface area contributed by atoms with Gasteiger partial charge in [0.2, 0.25) is 0 Å². The molecule has 4 nitrogen and oxygen atoms in total. The minimum atomic E-state index is -0.384. The van der Waals surface area contributed by atoms with Gasteiger partial charge in [0.05, 0.1) is 6.61 Å². The van der Waals surface area contributed by atoms with E-state index in [1.807, 2.05) is 24.0 Å². The van der Waals surface area contributed by atoms with E-state index in [9.17, 15) is 9.90 Å². The highest BCUT2D eigenvalue weighted by atomic mass is 16.5. The van der Waals surface area contributed by atoms with Gasteiger partial charge < -0.3 is 14.7 Å². The normalized spacial score (nSPS) is 17.2. The summed E-state index contributed by atoms with van der Waals surface area (Å²) in [5.41, 5.74) is 1.24. The Morgan fingerprint density at radius 2 is 2.05 bits per heavy atom. The number of ether oxygens (including phenoxy) is 1. The SMILES string of the molecule is C=CCCOC(C)C(=O)N1CCC(c2ccc(O)cc2)CC1. The molecule has 1 unspecified atom stereocenters. The third-order valence-corrected chi connectivity index (χ3v) is 4.21. The van der Waals surface area contributed by atoms with Gasteiger partial charge in [-0.15, -0.1) is 6.58 Å². The Labute approximate surface area is 132 Å². The third kappa shape index (κ3) is 4.34. The number of amides is 1. The van der Waals surface area contributed by atoms with E-state index in [1.54, 1.807) is 18.2 Å². The topological polar surface area (TPSA) is 49.8 Å². The minimum Gasteiger partial charge on any atom is -0.508 e. The summed E-state index contributed by atoms with van der Waals surface area (Å²) in [7, 11) is 0. The first kappa shape index (κ1) is 16.6. The maximum atomic E-state index is 12.3. The van der Waals surface area contributed by atoms with Crippen molar-refractivity contribution in [3.63, 3.8) is 0 Å². The van der Waals surface area contributed by atoms with Crippen LogP contribution in [0.25, 0.3) is 0 Å². The number of hydrogen-bond acceptors (Lipinski definition) is 3. The predicted octanol–water partition coefficient (Wildman–Crippen LogP) is 3.08. The molecule has 120 valence electrons. The van der Waals surface area contributed by atoms with Crippen LogP contribution in [0.1, 0.15) is 37.7 Å². The number of benzene rings is 1. The summed E-state index contributed by atoms with van der Waals surface area (Å²) in [6, 6.07) is 7.39. The molecule has 1 aromatic rings. The lowest BCUT2D eigenvalue weighted by atomic mass is 9.89. The van der Waals surface area contributed by atoms with Crippen molar-refractivity contribution in [1.29, 1.82) is 0 Å². The maximum absolute atomic E-state index is 12.3. The molecule has 1 fully saturated rings. The Morgan fingerprint density at radius 3 is 2.64 bits per heavy atom. The summed E-state index contributed by atoms with van der Waals surface area (Å²) >= 11 is 0. The zero-order valence-electron chi connectivity index (χ0n) is 13.2. The smallest absolute Gasteiger partial charge is 0.251 e. The van der Waals surface area contributed by atoms with Crippen LogP contribution < -0.4 is 0 Å². The quantitative estimate of drug-likeness (QED) is 0.649. The summed E-state index contributed by atoms with van der Waals surface area (Å²) in [6.45, 7) is 7.53. The van der Waals surface area contributed by atoms with Gasteiger partial charge in [-0.2, -0.15) is 0 Å². The number of nitrogens with zero attached hydrogens (tertiary/aromatic N) is 1. The molecule has 0 bridgehead atoms. The number of carbonyl (C=O) groups excluding carboxylic acids is 1. The number of likely N-dealkylation sites (tertiary alicyclic amines) is 1. The van der Waals surface area contributed by atoms with Gasteiger partial charge in [-0.25, -0.2) is 0 Å². The molecule has 1 heterocycles. The number of piperidine rings is 1. The van der Waals surface area contributed by atoms with Crippen LogP contribution in [-0.4, -0.2) is 41.7 Å². The Bertz CT molecular complexity index is 490. The van der Waals surface area contributed by atoms with E-state index in [0.29, 0.717) is 18.3 Å². The van der Waals surface area contributed by atoms with Crippen molar-refractivity contribution < 1.29 is 14.6 Å². The summed E-state index contributed by atoms with van der Waals surface area (Å²) in [6.07, 6.45) is 4.08. The molecule has 1 saturated heterocycles. The summed E-state index contributed by atoms with van der Waals surface area (Å²) in [5.74, 6) is 0.830. The van der Waals surface area contributed by atoms with Gasteiger partial charge in [0.25, 0.3) is 5.91 Å². The molecule has 0 saturated carbocycles. The first-order chi connectivity index (χ1) is 10.6. The van der Waals surface area contributed by atoms with Crippen molar-refractivity contribution in [3.05, 3.63) is 42.5 Å². The van der Waals surface area contributed by atoms with Gasteiger partial charge in [0.1, 0.15) is 11.9 Å². The molecule has 1 aliphatic rings. The molecule has 0 aromatic heterocycles. The zero-order chi connectivity index (χ0) is 15.9. The molecule has 1 N–H and O–H groups in total. The summed E-state index contributed by atoms with van der Waals surface area (Å²) < 4.78 is 5.53. The van der Waals surface area contributed by atoms with Gasteiger partial charge >= 0.3 is 0 Å². The molecule has 1 aliphatic heterocycles.